The summed E-state index contributed by atoms with van der Waals surface area (Å²) in [6, 6.07) is 16.1. The number of aromatic amines is 1. The Morgan fingerprint density at radius 3 is 2.36 bits per heavy atom. The molecule has 0 bridgehead atoms. The topological polar surface area (TPSA) is 147 Å². The van der Waals surface area contributed by atoms with Gasteiger partial charge in [-0.05, 0) is 48.5 Å². The molecule has 4 aromatic rings. The maximum absolute atomic E-state index is 13.6. The molecule has 0 saturated carbocycles. The predicted molar refractivity (Wildman–Crippen MR) is 127 cm³/mol. The maximum atomic E-state index is 13.6. The highest BCUT2D eigenvalue weighted by Crippen LogP contribution is 2.33. The van der Waals surface area contributed by atoms with E-state index >= 15 is 0 Å². The van der Waals surface area contributed by atoms with Crippen LogP contribution in [0.2, 0.25) is 0 Å². The molecule has 0 spiro atoms. The van der Waals surface area contributed by atoms with E-state index in [2.05, 4.69) is 10.1 Å². The van der Waals surface area contributed by atoms with Crippen LogP contribution < -0.4 is 15.8 Å². The van der Waals surface area contributed by atoms with Crippen molar-refractivity contribution in [3.8, 4) is 17.2 Å². The number of nitrogens with one attached hydrogen (secondary N) is 2. The van der Waals surface area contributed by atoms with Crippen molar-refractivity contribution in [2.75, 3.05) is 6.54 Å². The van der Waals surface area contributed by atoms with Crippen molar-refractivity contribution >= 4 is 15.9 Å². The smallest absolute Gasteiger partial charge is 0.276 e. The lowest BCUT2D eigenvalue weighted by atomic mass is 10.0. The number of hydrogen-bond acceptors (Lipinski definition) is 7. The molecule has 1 atom stereocenters. The lowest BCUT2D eigenvalue weighted by Crippen LogP contribution is -2.48. The van der Waals surface area contributed by atoms with Gasteiger partial charge < -0.3 is 4.74 Å². The molecule has 0 aliphatic carbocycles. The molecule has 2 aromatic heterocycles. The van der Waals surface area contributed by atoms with Gasteiger partial charge in [-0.1, -0.05) is 18.2 Å². The Hall–Kier alpha value is -4.26. The van der Waals surface area contributed by atoms with Crippen LogP contribution >= 0.6 is 0 Å². The first kappa shape index (κ1) is 23.5. The summed E-state index contributed by atoms with van der Waals surface area (Å²) >= 11 is 0. The highest BCUT2D eigenvalue weighted by Gasteiger charge is 2.43. The number of benzene rings is 2. The number of ether oxygens (including phenoxy) is 1. The van der Waals surface area contributed by atoms with Gasteiger partial charge in [-0.2, -0.15) is 4.31 Å². The Balaban J connectivity index is 1.50. The number of amides is 1. The molecule has 3 N–H and O–H groups in total. The number of aromatic nitrogens is 3. The molecule has 5 rings (SSSR count). The second-order valence-corrected chi connectivity index (χ2v) is 9.87. The van der Waals surface area contributed by atoms with Crippen molar-refractivity contribution in [2.24, 2.45) is 0 Å². The summed E-state index contributed by atoms with van der Waals surface area (Å²) in [6.07, 6.45) is 3.30. The van der Waals surface area contributed by atoms with E-state index in [0.29, 0.717) is 22.9 Å². The molecule has 1 unspecified atom stereocenters. The van der Waals surface area contributed by atoms with Crippen LogP contribution in [0.4, 0.5) is 0 Å². The molecular weight excluding hydrogens is 486 g/mol. The van der Waals surface area contributed by atoms with Crippen molar-refractivity contribution in [1.29, 1.82) is 0 Å². The van der Waals surface area contributed by atoms with Gasteiger partial charge in [0.2, 0.25) is 10.0 Å². The van der Waals surface area contributed by atoms with Crippen LogP contribution in [0.15, 0.2) is 88.8 Å². The zero-order valence-electron chi connectivity index (χ0n) is 18.7. The maximum Gasteiger partial charge on any atom is 0.276 e. The molecular formula is C24H21N5O6S. The number of H-pyrrole nitrogens is 1. The van der Waals surface area contributed by atoms with Gasteiger partial charge >= 0.3 is 0 Å². The lowest BCUT2D eigenvalue weighted by molar-refractivity contribution is -0.133. The third kappa shape index (κ3) is 4.17. The summed E-state index contributed by atoms with van der Waals surface area (Å²) < 4.78 is 35.0. The van der Waals surface area contributed by atoms with E-state index < -0.39 is 27.5 Å². The Bertz CT molecular complexity index is 1550. The van der Waals surface area contributed by atoms with E-state index in [0.717, 1.165) is 4.31 Å². The van der Waals surface area contributed by atoms with Crippen LogP contribution in [-0.4, -0.2) is 45.1 Å². The zero-order valence-corrected chi connectivity index (χ0v) is 19.6. The number of carbonyl (C=O) groups is 1. The number of pyridine rings is 1. The quantitative estimate of drug-likeness (QED) is 0.268. The minimum atomic E-state index is -4.24. The number of sulfonamides is 1. The fourth-order valence-electron chi connectivity index (χ4n) is 4.16. The molecule has 1 amide bonds. The van der Waals surface area contributed by atoms with Gasteiger partial charge in [-0.25, -0.2) is 18.6 Å². The van der Waals surface area contributed by atoms with Crippen molar-refractivity contribution in [2.45, 2.75) is 17.4 Å². The summed E-state index contributed by atoms with van der Waals surface area (Å²) in [6.45, 7) is -0.0859. The summed E-state index contributed by atoms with van der Waals surface area (Å²) in [5, 5.41) is 12.4. The monoisotopic (exact) mass is 507 g/mol. The van der Waals surface area contributed by atoms with Gasteiger partial charge in [-0.3, -0.25) is 24.9 Å². The van der Waals surface area contributed by atoms with Crippen LogP contribution in [0.3, 0.4) is 0 Å². The first-order valence-corrected chi connectivity index (χ1v) is 12.4. The fraction of sp³-hybridized carbons (Fsp3) is 0.125. The number of hydroxylamine groups is 1. The summed E-state index contributed by atoms with van der Waals surface area (Å²) in [7, 11) is -4.24. The van der Waals surface area contributed by atoms with E-state index in [1.807, 2.05) is 0 Å². The lowest BCUT2D eigenvalue weighted by Gasteiger charge is -2.32. The Labute approximate surface area is 205 Å². The second kappa shape index (κ2) is 9.41. The largest absolute Gasteiger partial charge is 0.457 e. The number of para-hydroxylation sites is 1. The zero-order chi connectivity index (χ0) is 25.3. The summed E-state index contributed by atoms with van der Waals surface area (Å²) in [5.74, 6) is -0.0957. The van der Waals surface area contributed by atoms with Gasteiger partial charge in [0.1, 0.15) is 17.5 Å². The normalized spacial score (nSPS) is 15.8. The molecule has 0 saturated heterocycles. The Morgan fingerprint density at radius 2 is 1.69 bits per heavy atom. The molecule has 1 aliphatic rings. The minimum absolute atomic E-state index is 0.0436. The SMILES string of the molecule is O=C(NO)C1c2c([nH]n(-c3ccccc3)c2=O)CCN1S(=O)(=O)c1ccc(Oc2ccncc2)cc1. The first-order valence-electron chi connectivity index (χ1n) is 10.9. The molecule has 0 radical (unpaired) electrons. The van der Waals surface area contributed by atoms with Crippen molar-refractivity contribution in [3.63, 3.8) is 0 Å². The van der Waals surface area contributed by atoms with Gasteiger partial charge in [-0.15, -0.1) is 0 Å². The van der Waals surface area contributed by atoms with Crippen LogP contribution in [0, 0.1) is 0 Å². The minimum Gasteiger partial charge on any atom is -0.457 e. The number of nitrogens with zero attached hydrogens (tertiary/aromatic N) is 3. The average Bonchev–Trinajstić information content (AvgIpc) is 3.25. The molecule has 2 aromatic carbocycles. The third-order valence-corrected chi connectivity index (χ3v) is 7.72. The van der Waals surface area contributed by atoms with Gasteiger partial charge in [0.05, 0.1) is 16.1 Å². The summed E-state index contributed by atoms with van der Waals surface area (Å²) in [5.41, 5.74) is 1.84. The van der Waals surface area contributed by atoms with Crippen LogP contribution in [0.1, 0.15) is 17.3 Å². The van der Waals surface area contributed by atoms with Crippen LogP contribution in [-0.2, 0) is 21.2 Å². The van der Waals surface area contributed by atoms with E-state index in [1.54, 1.807) is 54.9 Å². The van der Waals surface area contributed by atoms with Crippen molar-refractivity contribution in [1.82, 2.24) is 24.5 Å². The van der Waals surface area contributed by atoms with E-state index in [9.17, 15) is 23.2 Å². The standard InChI is InChI=1S/C24H21N5O6S/c30-23(27-32)22-21-20(26-29(24(21)31)16-4-2-1-3-5-16)12-15-28(22)36(33,34)19-8-6-17(7-9-19)35-18-10-13-25-14-11-18/h1-11,13-14,22,26,32H,12,15H2,(H,27,30). The van der Waals surface area contributed by atoms with Crippen LogP contribution in [0.5, 0.6) is 11.5 Å². The van der Waals surface area contributed by atoms with Gasteiger partial charge in [0, 0.05) is 31.1 Å². The van der Waals surface area contributed by atoms with Gasteiger partial charge in [0.25, 0.3) is 11.5 Å². The third-order valence-electron chi connectivity index (χ3n) is 5.84. The highest BCUT2D eigenvalue weighted by molar-refractivity contribution is 7.89. The molecule has 11 nitrogen and oxygen atoms in total. The predicted octanol–water partition coefficient (Wildman–Crippen LogP) is 2.15. The Morgan fingerprint density at radius 1 is 1.03 bits per heavy atom. The number of hydrogen-bond donors (Lipinski definition) is 3. The molecule has 184 valence electrons. The number of fused-ring (bicyclic) bond motifs is 1. The van der Waals surface area contributed by atoms with E-state index in [-0.39, 0.29) is 23.4 Å². The first-order chi connectivity index (χ1) is 17.4. The molecule has 1 aliphatic heterocycles. The molecule has 0 fully saturated rings. The second-order valence-electron chi connectivity index (χ2n) is 7.98. The molecule has 36 heavy (non-hydrogen) atoms. The van der Waals surface area contributed by atoms with Crippen molar-refractivity contribution < 1.29 is 23.2 Å². The van der Waals surface area contributed by atoms with Gasteiger partial charge in [0.15, 0.2) is 0 Å². The van der Waals surface area contributed by atoms with Crippen molar-refractivity contribution in [3.05, 3.63) is 101 Å². The molecule has 3 heterocycles. The Kier molecular flexibility index (Phi) is 6.14. The van der Waals surface area contributed by atoms with Crippen LogP contribution in [0.25, 0.3) is 5.69 Å². The highest BCUT2D eigenvalue weighted by atomic mass is 32.2. The number of carbonyl (C=O) groups excluding carboxylic acids is 1. The van der Waals surface area contributed by atoms with E-state index in [1.165, 1.54) is 34.4 Å². The summed E-state index contributed by atoms with van der Waals surface area (Å²) in [4.78, 5) is 29.8. The number of rotatable bonds is 6. The average molecular weight is 508 g/mol. The van der Waals surface area contributed by atoms with E-state index in [4.69, 9.17) is 4.74 Å². The molecule has 12 heteroatoms. The fourth-order valence-corrected chi connectivity index (χ4v) is 5.72.